The van der Waals surface area contributed by atoms with Crippen LogP contribution in [0.2, 0.25) is 0 Å². The van der Waals surface area contributed by atoms with Gasteiger partial charge in [-0.1, -0.05) is 30.3 Å². The van der Waals surface area contributed by atoms with Gasteiger partial charge in [-0.3, -0.25) is 4.79 Å². The summed E-state index contributed by atoms with van der Waals surface area (Å²) in [7, 11) is 0. The molecule has 1 aromatic rings. The molecule has 0 aromatic heterocycles. The summed E-state index contributed by atoms with van der Waals surface area (Å²) in [6.07, 6.45) is 5.30. The van der Waals surface area contributed by atoms with Crippen molar-refractivity contribution in [2.24, 2.45) is 0 Å². The summed E-state index contributed by atoms with van der Waals surface area (Å²) in [5.41, 5.74) is 3.67. The summed E-state index contributed by atoms with van der Waals surface area (Å²) >= 11 is 0. The Hall–Kier alpha value is -1.37. The van der Waals surface area contributed by atoms with Crippen LogP contribution < -0.4 is 0 Å². The fourth-order valence-corrected chi connectivity index (χ4v) is 2.12. The molecule has 0 N–H and O–H groups in total. The van der Waals surface area contributed by atoms with Gasteiger partial charge in [-0.15, -0.1) is 0 Å². The number of aldehydes is 1. The van der Waals surface area contributed by atoms with E-state index in [9.17, 15) is 4.79 Å². The van der Waals surface area contributed by atoms with Gasteiger partial charge in [-0.05, 0) is 36.5 Å². The fourth-order valence-electron chi connectivity index (χ4n) is 2.12. The quantitative estimate of drug-likeness (QED) is 0.512. The summed E-state index contributed by atoms with van der Waals surface area (Å²) in [4.78, 5) is 10.5. The standard InChI is InChI=1S/C13H14O/c1-10(9-14)8-12-7-6-11-4-2-3-5-13(11)12/h2-5,8-9,12H,6-7H2,1H3. The highest BCUT2D eigenvalue weighted by Gasteiger charge is 2.19. The van der Waals surface area contributed by atoms with Crippen molar-refractivity contribution in [1.82, 2.24) is 0 Å². The number of hydrogen-bond acceptors (Lipinski definition) is 1. The molecule has 0 saturated carbocycles. The zero-order chi connectivity index (χ0) is 9.97. The molecule has 1 unspecified atom stereocenters. The van der Waals surface area contributed by atoms with E-state index in [0.717, 1.165) is 24.7 Å². The van der Waals surface area contributed by atoms with Gasteiger partial charge >= 0.3 is 0 Å². The molecule has 2 rings (SSSR count). The van der Waals surface area contributed by atoms with Crippen molar-refractivity contribution < 1.29 is 4.79 Å². The first-order chi connectivity index (χ1) is 6.81. The highest BCUT2D eigenvalue weighted by Crippen LogP contribution is 2.34. The van der Waals surface area contributed by atoms with Crippen molar-refractivity contribution in [2.75, 3.05) is 0 Å². The highest BCUT2D eigenvalue weighted by atomic mass is 16.1. The Morgan fingerprint density at radius 2 is 2.21 bits per heavy atom. The molecular weight excluding hydrogens is 172 g/mol. The lowest BCUT2D eigenvalue weighted by atomic mass is 9.99. The molecule has 1 aliphatic rings. The number of carbonyl (C=O) groups is 1. The van der Waals surface area contributed by atoms with Gasteiger partial charge in [-0.25, -0.2) is 0 Å². The lowest BCUT2D eigenvalue weighted by Crippen LogP contribution is -1.90. The lowest BCUT2D eigenvalue weighted by Gasteiger charge is -2.05. The van der Waals surface area contributed by atoms with Crippen LogP contribution >= 0.6 is 0 Å². The average Bonchev–Trinajstić information content (AvgIpc) is 2.62. The van der Waals surface area contributed by atoms with E-state index in [1.54, 1.807) is 0 Å². The Morgan fingerprint density at radius 3 is 3.00 bits per heavy atom. The molecule has 0 radical (unpaired) electrons. The monoisotopic (exact) mass is 186 g/mol. The fraction of sp³-hybridized carbons (Fsp3) is 0.308. The molecule has 0 saturated heterocycles. The van der Waals surface area contributed by atoms with E-state index in [1.165, 1.54) is 11.1 Å². The summed E-state index contributed by atoms with van der Waals surface area (Å²) < 4.78 is 0. The van der Waals surface area contributed by atoms with Gasteiger partial charge in [0.1, 0.15) is 6.29 Å². The zero-order valence-electron chi connectivity index (χ0n) is 8.36. The third-order valence-electron chi connectivity index (χ3n) is 2.83. The van der Waals surface area contributed by atoms with Crippen LogP contribution in [0, 0.1) is 0 Å². The molecule has 1 nitrogen and oxygen atoms in total. The van der Waals surface area contributed by atoms with Crippen LogP contribution in [-0.2, 0) is 11.2 Å². The minimum absolute atomic E-state index is 0.455. The van der Waals surface area contributed by atoms with Crippen molar-refractivity contribution in [2.45, 2.75) is 25.7 Å². The Labute approximate surface area is 84.5 Å². The molecule has 1 aromatic carbocycles. The van der Waals surface area contributed by atoms with E-state index in [-0.39, 0.29) is 0 Å². The molecule has 72 valence electrons. The van der Waals surface area contributed by atoms with Crippen LogP contribution in [0.4, 0.5) is 0 Å². The number of benzene rings is 1. The van der Waals surface area contributed by atoms with Crippen LogP contribution in [-0.4, -0.2) is 6.29 Å². The molecule has 1 atom stereocenters. The normalized spacial score (nSPS) is 20.6. The van der Waals surface area contributed by atoms with E-state index < -0.39 is 0 Å². The maximum atomic E-state index is 10.5. The van der Waals surface area contributed by atoms with Gasteiger partial charge < -0.3 is 0 Å². The topological polar surface area (TPSA) is 17.1 Å². The first-order valence-corrected chi connectivity index (χ1v) is 5.02. The smallest absolute Gasteiger partial charge is 0.145 e. The van der Waals surface area contributed by atoms with E-state index in [1.807, 2.05) is 6.92 Å². The molecule has 0 aliphatic heterocycles. The Balaban J connectivity index is 2.30. The third kappa shape index (κ3) is 1.63. The van der Waals surface area contributed by atoms with Crippen LogP contribution in [0.25, 0.3) is 0 Å². The Kier molecular flexibility index (Phi) is 2.49. The second-order valence-corrected chi connectivity index (χ2v) is 3.87. The minimum Gasteiger partial charge on any atom is -0.298 e. The predicted molar refractivity (Wildman–Crippen MR) is 57.3 cm³/mol. The molecule has 0 heterocycles. The molecular formula is C13H14O. The van der Waals surface area contributed by atoms with Gasteiger partial charge in [0.15, 0.2) is 0 Å². The van der Waals surface area contributed by atoms with Gasteiger partial charge in [0.25, 0.3) is 0 Å². The average molecular weight is 186 g/mol. The van der Waals surface area contributed by atoms with Gasteiger partial charge in [0, 0.05) is 5.92 Å². The molecule has 0 amide bonds. The molecule has 1 aliphatic carbocycles. The van der Waals surface area contributed by atoms with Crippen LogP contribution in [0.3, 0.4) is 0 Å². The van der Waals surface area contributed by atoms with Gasteiger partial charge in [-0.2, -0.15) is 0 Å². The predicted octanol–water partition coefficient (Wildman–Crippen LogP) is 2.86. The summed E-state index contributed by atoms with van der Waals surface area (Å²) in [6.45, 7) is 1.87. The first kappa shape index (κ1) is 9.20. The number of rotatable bonds is 2. The molecule has 1 heteroatoms. The van der Waals surface area contributed by atoms with Crippen molar-refractivity contribution >= 4 is 6.29 Å². The van der Waals surface area contributed by atoms with Crippen molar-refractivity contribution in [1.29, 1.82) is 0 Å². The number of fused-ring (bicyclic) bond motifs is 1. The number of hydrogen-bond donors (Lipinski definition) is 0. The molecule has 0 fully saturated rings. The van der Waals surface area contributed by atoms with Crippen molar-refractivity contribution in [3.63, 3.8) is 0 Å². The van der Waals surface area contributed by atoms with Gasteiger partial charge in [0.2, 0.25) is 0 Å². The molecule has 0 bridgehead atoms. The van der Waals surface area contributed by atoms with Crippen LogP contribution in [0.15, 0.2) is 35.9 Å². The third-order valence-corrected chi connectivity index (χ3v) is 2.83. The van der Waals surface area contributed by atoms with E-state index in [4.69, 9.17) is 0 Å². The van der Waals surface area contributed by atoms with E-state index in [2.05, 4.69) is 30.3 Å². The largest absolute Gasteiger partial charge is 0.298 e. The first-order valence-electron chi connectivity index (χ1n) is 5.02. The number of allylic oxidation sites excluding steroid dienone is 2. The second-order valence-electron chi connectivity index (χ2n) is 3.87. The number of aryl methyl sites for hydroxylation is 1. The zero-order valence-corrected chi connectivity index (χ0v) is 8.36. The number of carbonyl (C=O) groups excluding carboxylic acids is 1. The SMILES string of the molecule is CC(C=O)=CC1CCc2ccccc21. The minimum atomic E-state index is 0.455. The summed E-state index contributed by atoms with van der Waals surface area (Å²) in [5.74, 6) is 0.455. The van der Waals surface area contributed by atoms with Crippen LogP contribution in [0.5, 0.6) is 0 Å². The van der Waals surface area contributed by atoms with Gasteiger partial charge in [0.05, 0.1) is 0 Å². The van der Waals surface area contributed by atoms with Crippen molar-refractivity contribution in [3.05, 3.63) is 47.0 Å². The van der Waals surface area contributed by atoms with E-state index in [0.29, 0.717) is 5.92 Å². The second kappa shape index (κ2) is 3.79. The van der Waals surface area contributed by atoms with Crippen molar-refractivity contribution in [3.8, 4) is 0 Å². The lowest BCUT2D eigenvalue weighted by molar-refractivity contribution is -0.104. The summed E-state index contributed by atoms with van der Waals surface area (Å²) in [5, 5.41) is 0. The maximum Gasteiger partial charge on any atom is 0.145 e. The Morgan fingerprint density at radius 1 is 1.43 bits per heavy atom. The van der Waals surface area contributed by atoms with Crippen LogP contribution in [0.1, 0.15) is 30.4 Å². The molecule has 14 heavy (non-hydrogen) atoms. The molecule has 0 spiro atoms. The summed E-state index contributed by atoms with van der Waals surface area (Å²) in [6, 6.07) is 8.50. The highest BCUT2D eigenvalue weighted by molar-refractivity contribution is 5.72. The maximum absolute atomic E-state index is 10.5. The Bertz CT molecular complexity index is 377. The van der Waals surface area contributed by atoms with E-state index >= 15 is 0 Å².